The molecule has 1 aromatic carbocycles. The number of anilines is 1. The summed E-state index contributed by atoms with van der Waals surface area (Å²) in [6.45, 7) is 1.37. The van der Waals surface area contributed by atoms with Crippen molar-refractivity contribution in [3.05, 3.63) is 27.8 Å². The highest BCUT2D eigenvalue weighted by Crippen LogP contribution is 2.34. The molecule has 2 heterocycles. The van der Waals surface area contributed by atoms with Crippen LogP contribution in [0, 0.1) is 10.1 Å². The molecule has 1 unspecified atom stereocenters. The molecule has 7 heteroatoms. The maximum Gasteiger partial charge on any atom is 0.319 e. The number of benzene rings is 1. The molecule has 3 rings (SSSR count). The van der Waals surface area contributed by atoms with E-state index in [1.807, 2.05) is 6.07 Å². The highest BCUT2D eigenvalue weighted by molar-refractivity contribution is 7.16. The maximum atomic E-state index is 11.2. The van der Waals surface area contributed by atoms with E-state index in [0.717, 1.165) is 24.1 Å². The zero-order chi connectivity index (χ0) is 13.2. The average molecular weight is 279 g/mol. The summed E-state index contributed by atoms with van der Waals surface area (Å²) in [4.78, 5) is 14.9. The van der Waals surface area contributed by atoms with E-state index in [4.69, 9.17) is 4.74 Å². The third-order valence-corrected chi connectivity index (χ3v) is 4.00. The predicted octanol–water partition coefficient (Wildman–Crippen LogP) is 2.80. The van der Waals surface area contributed by atoms with Gasteiger partial charge in [0.15, 0.2) is 5.52 Å². The van der Waals surface area contributed by atoms with Gasteiger partial charge in [0, 0.05) is 13.2 Å². The van der Waals surface area contributed by atoms with Crippen LogP contribution in [0.4, 0.5) is 11.4 Å². The molecule has 1 saturated heterocycles. The van der Waals surface area contributed by atoms with Gasteiger partial charge in [0.2, 0.25) is 0 Å². The van der Waals surface area contributed by atoms with Crippen molar-refractivity contribution in [3.8, 4) is 0 Å². The van der Waals surface area contributed by atoms with E-state index in [1.54, 1.807) is 11.6 Å². The van der Waals surface area contributed by atoms with Gasteiger partial charge in [-0.05, 0) is 25.0 Å². The molecule has 1 N–H and O–H groups in total. The van der Waals surface area contributed by atoms with Gasteiger partial charge in [-0.1, -0.05) is 0 Å². The predicted molar refractivity (Wildman–Crippen MR) is 73.7 cm³/mol. The number of ether oxygens (including phenoxy) is 1. The molecule has 1 aliphatic heterocycles. The van der Waals surface area contributed by atoms with Crippen molar-refractivity contribution in [2.45, 2.75) is 18.9 Å². The van der Waals surface area contributed by atoms with E-state index < -0.39 is 0 Å². The molecule has 100 valence electrons. The fourth-order valence-corrected chi connectivity index (χ4v) is 2.95. The third kappa shape index (κ3) is 2.39. The Bertz CT molecular complexity index is 607. The molecule has 1 atom stereocenters. The highest BCUT2D eigenvalue weighted by Gasteiger charge is 2.22. The molecule has 0 bridgehead atoms. The van der Waals surface area contributed by atoms with Crippen molar-refractivity contribution < 1.29 is 9.66 Å². The van der Waals surface area contributed by atoms with Gasteiger partial charge in [-0.25, -0.2) is 4.98 Å². The van der Waals surface area contributed by atoms with Gasteiger partial charge < -0.3 is 10.1 Å². The lowest BCUT2D eigenvalue weighted by molar-refractivity contribution is -0.382. The number of nitro groups is 1. The summed E-state index contributed by atoms with van der Waals surface area (Å²) in [7, 11) is 0. The van der Waals surface area contributed by atoms with Crippen LogP contribution in [0.25, 0.3) is 10.2 Å². The Labute approximate surface area is 113 Å². The van der Waals surface area contributed by atoms with Crippen LogP contribution in [-0.4, -0.2) is 29.2 Å². The van der Waals surface area contributed by atoms with Crippen LogP contribution < -0.4 is 5.32 Å². The number of hydrogen-bond donors (Lipinski definition) is 1. The molecule has 1 aliphatic rings. The number of rotatable bonds is 4. The summed E-state index contributed by atoms with van der Waals surface area (Å²) in [5, 5.41) is 14.3. The van der Waals surface area contributed by atoms with Crippen molar-refractivity contribution >= 4 is 32.9 Å². The Hall–Kier alpha value is -1.73. The number of nitrogens with zero attached hydrogens (tertiary/aromatic N) is 2. The molecule has 1 fully saturated rings. The summed E-state index contributed by atoms with van der Waals surface area (Å²) in [5.41, 5.74) is 2.64. The first-order valence-corrected chi connectivity index (χ1v) is 7.00. The first kappa shape index (κ1) is 12.3. The second kappa shape index (κ2) is 5.10. The van der Waals surface area contributed by atoms with Gasteiger partial charge in [0.05, 0.1) is 21.2 Å². The first-order chi connectivity index (χ1) is 9.25. The van der Waals surface area contributed by atoms with Crippen LogP contribution in [-0.2, 0) is 4.74 Å². The number of aromatic nitrogens is 1. The van der Waals surface area contributed by atoms with Gasteiger partial charge in [0.1, 0.15) is 5.69 Å². The summed E-state index contributed by atoms with van der Waals surface area (Å²) in [6.07, 6.45) is 2.20. The standard InChI is InChI=1S/C12H13N3O3S/c16-15(17)12-9(13-6-8-2-1-5-18-8)3-4-10-11(12)14-7-19-10/h3-4,7-8,13H,1-2,5-6H2. The smallest absolute Gasteiger partial charge is 0.319 e. The lowest BCUT2D eigenvalue weighted by atomic mass is 10.2. The van der Waals surface area contributed by atoms with E-state index in [2.05, 4.69) is 10.3 Å². The summed E-state index contributed by atoms with van der Waals surface area (Å²) >= 11 is 1.40. The van der Waals surface area contributed by atoms with Crippen molar-refractivity contribution in [2.75, 3.05) is 18.5 Å². The number of nitro benzene ring substituents is 1. The molecule has 0 amide bonds. The largest absolute Gasteiger partial charge is 0.377 e. The number of fused-ring (bicyclic) bond motifs is 1. The molecule has 0 spiro atoms. The van der Waals surface area contributed by atoms with Crippen LogP contribution in [0.15, 0.2) is 17.6 Å². The molecule has 1 aromatic heterocycles. The zero-order valence-electron chi connectivity index (χ0n) is 10.2. The van der Waals surface area contributed by atoms with E-state index in [-0.39, 0.29) is 16.7 Å². The normalized spacial score (nSPS) is 18.8. The SMILES string of the molecule is O=[N+]([O-])c1c(NCC2CCCO2)ccc2scnc12. The minimum absolute atomic E-state index is 0.0525. The minimum atomic E-state index is -0.375. The lowest BCUT2D eigenvalue weighted by Crippen LogP contribution is -2.18. The van der Waals surface area contributed by atoms with Gasteiger partial charge in [-0.2, -0.15) is 0 Å². The minimum Gasteiger partial charge on any atom is -0.377 e. The van der Waals surface area contributed by atoms with Crippen LogP contribution in [0.2, 0.25) is 0 Å². The lowest BCUT2D eigenvalue weighted by Gasteiger charge is -2.12. The molecular formula is C12H13N3O3S. The first-order valence-electron chi connectivity index (χ1n) is 6.12. The van der Waals surface area contributed by atoms with Crippen LogP contribution >= 0.6 is 11.3 Å². The summed E-state index contributed by atoms with van der Waals surface area (Å²) < 4.78 is 6.33. The number of nitrogens with one attached hydrogen (secondary N) is 1. The second-order valence-corrected chi connectivity index (χ2v) is 5.32. The van der Waals surface area contributed by atoms with E-state index >= 15 is 0 Å². The van der Waals surface area contributed by atoms with Crippen molar-refractivity contribution in [2.24, 2.45) is 0 Å². The molecule has 19 heavy (non-hydrogen) atoms. The molecule has 6 nitrogen and oxygen atoms in total. The Balaban J connectivity index is 1.88. The maximum absolute atomic E-state index is 11.2. The van der Waals surface area contributed by atoms with E-state index in [0.29, 0.717) is 17.7 Å². The van der Waals surface area contributed by atoms with Crippen molar-refractivity contribution in [3.63, 3.8) is 0 Å². The second-order valence-electron chi connectivity index (χ2n) is 4.43. The Morgan fingerprint density at radius 2 is 2.47 bits per heavy atom. The van der Waals surface area contributed by atoms with Gasteiger partial charge >= 0.3 is 5.69 Å². The monoisotopic (exact) mass is 279 g/mol. The molecule has 2 aromatic rings. The van der Waals surface area contributed by atoms with E-state index in [9.17, 15) is 10.1 Å². The third-order valence-electron chi connectivity index (χ3n) is 3.20. The molecule has 0 aliphatic carbocycles. The molecular weight excluding hydrogens is 266 g/mol. The highest BCUT2D eigenvalue weighted by atomic mass is 32.1. The fraction of sp³-hybridized carbons (Fsp3) is 0.417. The van der Waals surface area contributed by atoms with Crippen LogP contribution in [0.3, 0.4) is 0 Å². The summed E-state index contributed by atoms with van der Waals surface area (Å²) in [6, 6.07) is 3.60. The van der Waals surface area contributed by atoms with Gasteiger partial charge in [0.25, 0.3) is 0 Å². The van der Waals surface area contributed by atoms with Crippen molar-refractivity contribution in [1.29, 1.82) is 0 Å². The Morgan fingerprint density at radius 3 is 3.21 bits per heavy atom. The topological polar surface area (TPSA) is 77.3 Å². The Kier molecular flexibility index (Phi) is 3.31. The van der Waals surface area contributed by atoms with Crippen molar-refractivity contribution in [1.82, 2.24) is 4.98 Å². The zero-order valence-corrected chi connectivity index (χ0v) is 11.0. The Morgan fingerprint density at radius 1 is 1.58 bits per heavy atom. The van der Waals surface area contributed by atoms with Crippen LogP contribution in [0.1, 0.15) is 12.8 Å². The van der Waals surface area contributed by atoms with Gasteiger partial charge in [-0.3, -0.25) is 10.1 Å². The summed E-state index contributed by atoms with van der Waals surface area (Å²) in [5.74, 6) is 0. The molecule has 0 radical (unpaired) electrons. The van der Waals surface area contributed by atoms with Crippen LogP contribution in [0.5, 0.6) is 0 Å². The van der Waals surface area contributed by atoms with E-state index in [1.165, 1.54) is 11.3 Å². The molecule has 0 saturated carbocycles. The van der Waals surface area contributed by atoms with Gasteiger partial charge in [-0.15, -0.1) is 11.3 Å². The average Bonchev–Trinajstić information content (AvgIpc) is 3.06. The number of hydrogen-bond acceptors (Lipinski definition) is 6. The quantitative estimate of drug-likeness (QED) is 0.687. The fourth-order valence-electron chi connectivity index (χ4n) is 2.27. The number of thiazole rings is 1.